The highest BCUT2D eigenvalue weighted by Crippen LogP contribution is 2.49. The van der Waals surface area contributed by atoms with E-state index in [1.807, 2.05) is 13.0 Å². The molecule has 1 aliphatic carbocycles. The van der Waals surface area contributed by atoms with E-state index in [-0.39, 0.29) is 67.2 Å². The van der Waals surface area contributed by atoms with Crippen LogP contribution >= 0.6 is 23.4 Å². The monoisotopic (exact) mass is 1070 g/mol. The zero-order valence-electron chi connectivity index (χ0n) is 42.9. The Hall–Kier alpha value is -5.55. The van der Waals surface area contributed by atoms with Crippen molar-refractivity contribution in [2.75, 3.05) is 45.5 Å². The number of carbonyl (C=O) groups excluding carboxylic acids is 9. The number of nitrogens with zero attached hydrogens (tertiary/aromatic N) is 4. The maximum atomic E-state index is 14.4. The zero-order chi connectivity index (χ0) is 54.0. The number of ether oxygens (including phenoxy) is 5. The molecule has 404 valence electrons. The molecule has 0 radical (unpaired) electrons. The van der Waals surface area contributed by atoms with Crippen LogP contribution < -0.4 is 15.0 Å². The lowest BCUT2D eigenvalue weighted by Crippen LogP contribution is -2.63. The van der Waals surface area contributed by atoms with Crippen LogP contribution in [0.3, 0.4) is 0 Å². The Labute approximate surface area is 438 Å². The number of allylic oxidation sites excluding steroid dienone is 3. The Morgan fingerprint density at radius 3 is 2.36 bits per heavy atom. The summed E-state index contributed by atoms with van der Waals surface area (Å²) < 4.78 is 29.4. The van der Waals surface area contributed by atoms with E-state index in [2.05, 4.69) is 5.32 Å². The number of methoxy groups -OCH3 is 2. The summed E-state index contributed by atoms with van der Waals surface area (Å²) in [7, 11) is 5.84. The number of fused-ring (bicyclic) bond motifs is 5. The second-order valence-corrected chi connectivity index (χ2v) is 22.0. The third kappa shape index (κ3) is 12.2. The molecule has 4 saturated heterocycles. The van der Waals surface area contributed by atoms with Gasteiger partial charge in [0.25, 0.3) is 11.8 Å². The number of esters is 1. The summed E-state index contributed by atoms with van der Waals surface area (Å²) >= 11 is 7.98. The third-order valence-electron chi connectivity index (χ3n) is 15.2. The molecule has 4 bridgehead atoms. The van der Waals surface area contributed by atoms with E-state index in [0.717, 1.165) is 11.1 Å². The molecule has 7 rings (SSSR count). The summed E-state index contributed by atoms with van der Waals surface area (Å²) in [5.74, 6) is -4.93. The minimum atomic E-state index is -1.89. The smallest absolute Gasteiger partial charge is 0.409 e. The molecule has 6 aliphatic rings. The molecule has 5 aliphatic heterocycles. The molecule has 5 fully saturated rings. The fourth-order valence-electron chi connectivity index (χ4n) is 10.3. The largest absolute Gasteiger partial charge is 0.495 e. The number of thioether (sulfide) groups is 1. The van der Waals surface area contributed by atoms with Crippen molar-refractivity contribution in [3.63, 3.8) is 0 Å². The number of epoxide rings is 1. The molecule has 1 aromatic rings. The van der Waals surface area contributed by atoms with Crippen molar-refractivity contribution in [1.82, 2.24) is 20.2 Å². The van der Waals surface area contributed by atoms with Crippen LogP contribution in [0.5, 0.6) is 5.75 Å². The standard InChI is InChI=1S/C51H66ClN5O16S/c1-27-10-9-11-37(69-8)51(67)25-35(70-49(66)53-51)28(2)45-50(4,72-45)38(24-42(61)55(6)33-21-31(20-27)22-34(68-7)44(33)52)71-47(64)29(3)54(5)39(58)18-19-74-36-23-43(62)56(46(36)63)26-30-12-14-32(15-13-30)48(65)73-57-40(59)16-17-41(57)60/h9-11,21-22,28-30,32,35-38,45,67H,12-20,23-26H2,1-8H3,(H,53,66)/t28-,29+,30?,32?,35+,36?,37-,38+,45+,50+,51+/m1/s1. The number of imide groups is 2. The van der Waals surface area contributed by atoms with Gasteiger partial charge in [-0.2, -0.15) is 0 Å². The van der Waals surface area contributed by atoms with Gasteiger partial charge in [-0.05, 0) is 76.5 Å². The predicted molar refractivity (Wildman–Crippen MR) is 266 cm³/mol. The number of nitrogens with one attached hydrogen (secondary N) is 1. The first-order valence-corrected chi connectivity index (χ1v) is 26.3. The van der Waals surface area contributed by atoms with Gasteiger partial charge in [0.05, 0.1) is 36.5 Å². The highest BCUT2D eigenvalue weighted by atomic mass is 35.5. The quantitative estimate of drug-likeness (QED) is 0.160. The lowest BCUT2D eigenvalue weighted by Gasteiger charge is -2.42. The predicted octanol–water partition coefficient (Wildman–Crippen LogP) is 4.18. The molecule has 1 unspecified atom stereocenters. The van der Waals surface area contributed by atoms with Crippen LogP contribution in [-0.4, -0.2) is 161 Å². The Morgan fingerprint density at radius 1 is 1.01 bits per heavy atom. The summed E-state index contributed by atoms with van der Waals surface area (Å²) in [6.07, 6.45) is 2.04. The van der Waals surface area contributed by atoms with Crippen LogP contribution in [0.25, 0.3) is 0 Å². The summed E-state index contributed by atoms with van der Waals surface area (Å²) in [5, 5.41) is 14.4. The van der Waals surface area contributed by atoms with Crippen molar-refractivity contribution >= 4 is 82.5 Å². The summed E-state index contributed by atoms with van der Waals surface area (Å²) in [5.41, 5.74) is -1.23. The van der Waals surface area contributed by atoms with E-state index in [1.54, 1.807) is 38.1 Å². The number of hydrogen-bond acceptors (Lipinski definition) is 17. The zero-order valence-corrected chi connectivity index (χ0v) is 44.5. The first kappa shape index (κ1) is 56.2. The number of anilines is 1. The maximum absolute atomic E-state index is 14.4. The van der Waals surface area contributed by atoms with E-state index < -0.39 is 107 Å². The maximum Gasteiger partial charge on any atom is 0.409 e. The lowest BCUT2D eigenvalue weighted by atomic mass is 9.82. The molecule has 23 heteroatoms. The van der Waals surface area contributed by atoms with Gasteiger partial charge in [0, 0.05) is 71.5 Å². The first-order valence-electron chi connectivity index (χ1n) is 24.9. The minimum Gasteiger partial charge on any atom is -0.495 e. The van der Waals surface area contributed by atoms with Gasteiger partial charge in [-0.1, -0.05) is 42.3 Å². The fraction of sp³-hybridized carbons (Fsp3) is 0.627. The number of carbonyl (C=O) groups is 9. The lowest BCUT2D eigenvalue weighted by molar-refractivity contribution is -0.201. The molecule has 0 spiro atoms. The van der Waals surface area contributed by atoms with Crippen LogP contribution in [0.2, 0.25) is 5.02 Å². The molecule has 21 nitrogen and oxygen atoms in total. The highest BCUT2D eigenvalue weighted by Gasteiger charge is 2.64. The number of alkyl carbamates (subject to hydrolysis) is 1. The number of amides is 7. The Balaban J connectivity index is 0.986. The normalized spacial score (nSPS) is 31.1. The molecule has 0 aromatic heterocycles. The fourth-order valence-corrected chi connectivity index (χ4v) is 11.7. The number of likely N-dealkylation sites (tertiary alicyclic amines) is 1. The van der Waals surface area contributed by atoms with Gasteiger partial charge >= 0.3 is 18.0 Å². The van der Waals surface area contributed by atoms with Gasteiger partial charge in [-0.15, -0.1) is 16.8 Å². The van der Waals surface area contributed by atoms with Gasteiger partial charge in [-0.3, -0.25) is 39.0 Å². The van der Waals surface area contributed by atoms with Crippen molar-refractivity contribution in [3.05, 3.63) is 46.5 Å². The van der Waals surface area contributed by atoms with E-state index in [1.165, 1.54) is 61.7 Å². The summed E-state index contributed by atoms with van der Waals surface area (Å²) in [4.78, 5) is 127. The Kier molecular flexibility index (Phi) is 17.6. The number of hydroxylamine groups is 2. The van der Waals surface area contributed by atoms with Crippen molar-refractivity contribution < 1.29 is 76.8 Å². The second kappa shape index (κ2) is 23.1. The second-order valence-electron chi connectivity index (χ2n) is 20.3. The van der Waals surface area contributed by atoms with Crippen LogP contribution in [0.15, 0.2) is 35.9 Å². The Morgan fingerprint density at radius 2 is 1.70 bits per heavy atom. The van der Waals surface area contributed by atoms with Gasteiger partial charge < -0.3 is 43.4 Å². The summed E-state index contributed by atoms with van der Waals surface area (Å²) in [6, 6.07) is 2.36. The first-order chi connectivity index (χ1) is 35.0. The van der Waals surface area contributed by atoms with Crippen LogP contribution in [0.4, 0.5) is 10.5 Å². The van der Waals surface area contributed by atoms with Crippen molar-refractivity contribution in [3.8, 4) is 5.75 Å². The molecule has 9 atom stereocenters. The average molecular weight is 1070 g/mol. The number of likely N-dealkylation sites (N-methyl/N-ethyl adjacent to an activating group) is 1. The molecule has 5 heterocycles. The van der Waals surface area contributed by atoms with Gasteiger partial charge in [-0.25, -0.2) is 14.4 Å². The molecular weight excluding hydrogens is 1010 g/mol. The van der Waals surface area contributed by atoms with E-state index in [0.29, 0.717) is 48.6 Å². The SMILES string of the molecule is COc1cc2cc(c1Cl)N(C)C(=O)C[C@H](OC(=O)[C@H](C)N(C)C(=O)CCSC1CC(=O)N(CC3CCC(C(=O)ON4C(=O)CCC4=O)CC3)C1=O)[C@]1(C)O[C@H]1[C@H](C)[C@@H]1C[C@@](O)(NC(=O)O1)[C@H](OC)C=CC=C(C)C2. The van der Waals surface area contributed by atoms with Crippen LogP contribution in [-0.2, 0) is 68.6 Å². The van der Waals surface area contributed by atoms with Gasteiger partial charge in [0.2, 0.25) is 23.6 Å². The number of benzene rings is 1. The molecule has 7 amide bonds. The highest BCUT2D eigenvalue weighted by molar-refractivity contribution is 8.00. The van der Waals surface area contributed by atoms with Crippen molar-refractivity contribution in [2.24, 2.45) is 17.8 Å². The van der Waals surface area contributed by atoms with E-state index in [4.69, 9.17) is 40.1 Å². The molecule has 1 aromatic carbocycles. The minimum absolute atomic E-state index is 0.00240. The van der Waals surface area contributed by atoms with Gasteiger partial charge in [0.1, 0.15) is 40.7 Å². The number of hydrogen-bond donors (Lipinski definition) is 2. The number of aliphatic hydroxyl groups is 1. The molecular formula is C51H66ClN5O16S. The topological polar surface area (TPSA) is 258 Å². The summed E-state index contributed by atoms with van der Waals surface area (Å²) in [6.45, 7) is 6.99. The number of rotatable bonds is 13. The van der Waals surface area contributed by atoms with Crippen molar-refractivity contribution in [1.29, 1.82) is 0 Å². The van der Waals surface area contributed by atoms with E-state index >= 15 is 0 Å². The molecule has 1 saturated carbocycles. The number of halogens is 1. The third-order valence-corrected chi connectivity index (χ3v) is 16.8. The van der Waals surface area contributed by atoms with Crippen molar-refractivity contribution in [2.45, 2.75) is 145 Å². The molecule has 2 N–H and O–H groups in total. The van der Waals surface area contributed by atoms with Crippen LogP contribution in [0, 0.1) is 17.8 Å². The Bertz CT molecular complexity index is 2470. The molecule has 74 heavy (non-hydrogen) atoms. The van der Waals surface area contributed by atoms with Crippen LogP contribution in [0.1, 0.15) is 97.5 Å². The average Bonchev–Trinajstić information content (AvgIpc) is 3.87. The van der Waals surface area contributed by atoms with Gasteiger partial charge in [0.15, 0.2) is 5.72 Å². The van der Waals surface area contributed by atoms with E-state index in [9.17, 15) is 48.3 Å².